The molecule has 1 saturated heterocycles. The van der Waals surface area contributed by atoms with E-state index >= 15 is 0 Å². The highest BCUT2D eigenvalue weighted by atomic mass is 35.5. The molecular weight excluding hydrogens is 263 g/mol. The molecule has 1 N–H and O–H groups in total. The van der Waals surface area contributed by atoms with Gasteiger partial charge in [0.1, 0.15) is 5.82 Å². The molecule has 2 nitrogen and oxygen atoms in total. The minimum atomic E-state index is -0.318. The summed E-state index contributed by atoms with van der Waals surface area (Å²) < 4.78 is 13.4. The van der Waals surface area contributed by atoms with Crippen LogP contribution in [-0.4, -0.2) is 31.1 Å². The van der Waals surface area contributed by atoms with Crippen molar-refractivity contribution in [2.24, 2.45) is 5.92 Å². The monoisotopic (exact) mass is 284 g/mol. The second-order valence-electron chi connectivity index (χ2n) is 5.24. The summed E-state index contributed by atoms with van der Waals surface area (Å²) in [5.74, 6) is 0.459. The topological polar surface area (TPSA) is 15.3 Å². The molecule has 0 spiro atoms. The average Bonchev–Trinajstić information content (AvgIpc) is 2.43. The second kappa shape index (κ2) is 7.22. The maximum absolute atomic E-state index is 13.4. The molecule has 0 saturated carbocycles. The fraction of sp³-hybridized carbons (Fsp3) is 0.600. The van der Waals surface area contributed by atoms with Gasteiger partial charge in [-0.25, -0.2) is 4.39 Å². The Balaban J connectivity index is 1.84. The van der Waals surface area contributed by atoms with Crippen molar-refractivity contribution in [3.05, 3.63) is 34.6 Å². The van der Waals surface area contributed by atoms with Crippen molar-refractivity contribution in [2.75, 3.05) is 26.2 Å². The third-order valence-electron chi connectivity index (χ3n) is 3.82. The van der Waals surface area contributed by atoms with Gasteiger partial charge in [0.25, 0.3) is 0 Å². The predicted octanol–water partition coefficient (Wildman–Crippen LogP) is 3.30. The van der Waals surface area contributed by atoms with Crippen molar-refractivity contribution in [2.45, 2.75) is 26.3 Å². The predicted molar refractivity (Wildman–Crippen MR) is 78.0 cm³/mol. The molecule has 106 valence electrons. The standard InChI is InChI=1S/C15H22ClFN2/c1-2-18-10-12-6-8-19(9-7-12)11-13-4-3-5-14(17)15(13)16/h3-5,12,18H,2,6-11H2,1H3. The van der Waals surface area contributed by atoms with E-state index in [4.69, 9.17) is 11.6 Å². The Hall–Kier alpha value is -0.640. The lowest BCUT2D eigenvalue weighted by molar-refractivity contribution is 0.176. The summed E-state index contributed by atoms with van der Waals surface area (Å²) in [6, 6.07) is 5.05. The largest absolute Gasteiger partial charge is 0.317 e. The molecular formula is C15H22ClFN2. The van der Waals surface area contributed by atoms with Crippen LogP contribution in [0.25, 0.3) is 0 Å². The van der Waals surface area contributed by atoms with E-state index < -0.39 is 0 Å². The van der Waals surface area contributed by atoms with E-state index in [1.165, 1.54) is 18.9 Å². The van der Waals surface area contributed by atoms with Crippen LogP contribution in [-0.2, 0) is 6.54 Å². The number of benzene rings is 1. The number of nitrogens with one attached hydrogen (secondary N) is 1. The molecule has 0 amide bonds. The molecule has 0 bridgehead atoms. The van der Waals surface area contributed by atoms with Crippen molar-refractivity contribution in [1.82, 2.24) is 10.2 Å². The molecule has 2 rings (SSSR count). The Morgan fingerprint density at radius 2 is 2.11 bits per heavy atom. The van der Waals surface area contributed by atoms with E-state index in [1.54, 1.807) is 6.07 Å². The van der Waals surface area contributed by atoms with Crippen LogP contribution in [0.4, 0.5) is 4.39 Å². The molecule has 0 aliphatic carbocycles. The van der Waals surface area contributed by atoms with Crippen LogP contribution in [0.3, 0.4) is 0 Å². The molecule has 19 heavy (non-hydrogen) atoms. The second-order valence-corrected chi connectivity index (χ2v) is 5.62. The number of piperidine rings is 1. The van der Waals surface area contributed by atoms with E-state index in [1.807, 2.05) is 6.07 Å². The normalized spacial score (nSPS) is 17.8. The van der Waals surface area contributed by atoms with E-state index in [2.05, 4.69) is 17.1 Å². The zero-order chi connectivity index (χ0) is 13.7. The first-order valence-electron chi connectivity index (χ1n) is 7.06. The van der Waals surface area contributed by atoms with Crippen molar-refractivity contribution < 1.29 is 4.39 Å². The van der Waals surface area contributed by atoms with E-state index in [-0.39, 0.29) is 10.8 Å². The van der Waals surface area contributed by atoms with Gasteiger partial charge in [-0.15, -0.1) is 0 Å². The van der Waals surface area contributed by atoms with Gasteiger partial charge in [-0.1, -0.05) is 30.7 Å². The fourth-order valence-corrected chi connectivity index (χ4v) is 2.79. The van der Waals surface area contributed by atoms with E-state index in [0.717, 1.165) is 44.2 Å². The molecule has 1 fully saturated rings. The van der Waals surface area contributed by atoms with Crippen LogP contribution in [0.5, 0.6) is 0 Å². The summed E-state index contributed by atoms with van der Waals surface area (Å²) in [6.45, 7) is 7.20. The van der Waals surface area contributed by atoms with E-state index in [9.17, 15) is 4.39 Å². The number of likely N-dealkylation sites (tertiary alicyclic amines) is 1. The Bertz CT molecular complexity index is 403. The molecule has 1 aromatic carbocycles. The number of hydrogen-bond acceptors (Lipinski definition) is 2. The molecule has 0 unspecified atom stereocenters. The highest BCUT2D eigenvalue weighted by molar-refractivity contribution is 6.31. The van der Waals surface area contributed by atoms with Crippen molar-refractivity contribution in [3.63, 3.8) is 0 Å². The van der Waals surface area contributed by atoms with Crippen LogP contribution in [0.1, 0.15) is 25.3 Å². The van der Waals surface area contributed by atoms with Crippen LogP contribution >= 0.6 is 11.6 Å². The minimum absolute atomic E-state index is 0.275. The first-order chi connectivity index (χ1) is 9.20. The molecule has 0 radical (unpaired) electrons. The number of halogens is 2. The quantitative estimate of drug-likeness (QED) is 0.892. The lowest BCUT2D eigenvalue weighted by atomic mass is 9.96. The molecule has 1 aromatic rings. The highest BCUT2D eigenvalue weighted by Crippen LogP contribution is 2.24. The summed E-state index contributed by atoms with van der Waals surface area (Å²) in [6.07, 6.45) is 2.42. The first-order valence-corrected chi connectivity index (χ1v) is 7.44. The van der Waals surface area contributed by atoms with Crippen LogP contribution in [0.2, 0.25) is 5.02 Å². The zero-order valence-corrected chi connectivity index (χ0v) is 12.2. The summed E-state index contributed by atoms with van der Waals surface area (Å²) >= 11 is 6.00. The lowest BCUT2D eigenvalue weighted by Crippen LogP contribution is -2.36. The maximum atomic E-state index is 13.4. The number of hydrogen-bond donors (Lipinski definition) is 1. The lowest BCUT2D eigenvalue weighted by Gasteiger charge is -2.32. The Kier molecular flexibility index (Phi) is 5.61. The Morgan fingerprint density at radius 1 is 1.37 bits per heavy atom. The van der Waals surface area contributed by atoms with Gasteiger partial charge < -0.3 is 5.32 Å². The van der Waals surface area contributed by atoms with Gasteiger partial charge in [0, 0.05) is 6.54 Å². The van der Waals surface area contributed by atoms with Gasteiger partial charge in [0.15, 0.2) is 0 Å². The van der Waals surface area contributed by atoms with Gasteiger partial charge in [0.2, 0.25) is 0 Å². The molecule has 4 heteroatoms. The fourth-order valence-electron chi connectivity index (χ4n) is 2.61. The van der Waals surface area contributed by atoms with Gasteiger partial charge in [0.05, 0.1) is 5.02 Å². The van der Waals surface area contributed by atoms with Crippen molar-refractivity contribution >= 4 is 11.6 Å². The smallest absolute Gasteiger partial charge is 0.142 e. The van der Waals surface area contributed by atoms with Gasteiger partial charge in [-0.2, -0.15) is 0 Å². The highest BCUT2D eigenvalue weighted by Gasteiger charge is 2.19. The summed E-state index contributed by atoms with van der Waals surface area (Å²) in [4.78, 5) is 2.36. The Morgan fingerprint density at radius 3 is 2.79 bits per heavy atom. The zero-order valence-electron chi connectivity index (χ0n) is 11.5. The third-order valence-corrected chi connectivity index (χ3v) is 4.24. The summed E-state index contributed by atoms with van der Waals surface area (Å²) in [5, 5.41) is 3.69. The van der Waals surface area contributed by atoms with Crippen LogP contribution in [0.15, 0.2) is 18.2 Å². The summed E-state index contributed by atoms with van der Waals surface area (Å²) in [7, 11) is 0. The van der Waals surface area contributed by atoms with Crippen molar-refractivity contribution in [3.8, 4) is 0 Å². The molecule has 0 atom stereocenters. The number of nitrogens with zero attached hydrogens (tertiary/aromatic N) is 1. The van der Waals surface area contributed by atoms with E-state index in [0.29, 0.717) is 0 Å². The van der Waals surface area contributed by atoms with Gasteiger partial charge in [-0.3, -0.25) is 4.90 Å². The Labute approximate surface area is 119 Å². The maximum Gasteiger partial charge on any atom is 0.142 e. The van der Waals surface area contributed by atoms with Crippen molar-refractivity contribution in [1.29, 1.82) is 0 Å². The molecule has 1 aliphatic rings. The SMILES string of the molecule is CCNCC1CCN(Cc2cccc(F)c2Cl)CC1. The average molecular weight is 285 g/mol. The first kappa shape index (κ1) is 14.8. The van der Waals surface area contributed by atoms with Crippen LogP contribution in [0, 0.1) is 11.7 Å². The molecule has 1 heterocycles. The van der Waals surface area contributed by atoms with Crippen LogP contribution < -0.4 is 5.32 Å². The third kappa shape index (κ3) is 4.16. The van der Waals surface area contributed by atoms with Gasteiger partial charge in [-0.05, 0) is 56.6 Å². The molecule has 0 aromatic heterocycles. The summed E-state index contributed by atoms with van der Waals surface area (Å²) in [5.41, 5.74) is 0.895. The minimum Gasteiger partial charge on any atom is -0.317 e. The van der Waals surface area contributed by atoms with Gasteiger partial charge >= 0.3 is 0 Å². The number of rotatable bonds is 5. The molecule has 1 aliphatic heterocycles.